The third kappa shape index (κ3) is 3.64. The number of hydrogen-bond acceptors (Lipinski definition) is 5. The van der Waals surface area contributed by atoms with Crippen LogP contribution in [0.5, 0.6) is 5.75 Å². The van der Waals surface area contributed by atoms with Gasteiger partial charge in [-0.2, -0.15) is 8.78 Å². The predicted octanol–water partition coefficient (Wildman–Crippen LogP) is 0.855. The Labute approximate surface area is 102 Å². The van der Waals surface area contributed by atoms with Crippen LogP contribution in [0, 0.1) is 0 Å². The first-order valence-electron chi connectivity index (χ1n) is 4.94. The van der Waals surface area contributed by atoms with E-state index in [1.165, 1.54) is 18.2 Å². The first kappa shape index (κ1) is 14.3. The number of hydrogen-bond donors (Lipinski definition) is 2. The highest BCUT2D eigenvalue weighted by molar-refractivity contribution is 5.75. The smallest absolute Gasteiger partial charge is 0.387 e. The molecule has 0 heterocycles. The van der Waals surface area contributed by atoms with E-state index in [2.05, 4.69) is 9.47 Å². The number of carbonyl (C=O) groups is 1. The zero-order valence-corrected chi connectivity index (χ0v) is 9.42. The number of halogens is 2. The first-order valence-corrected chi connectivity index (χ1v) is 4.94. The van der Waals surface area contributed by atoms with Gasteiger partial charge in [0, 0.05) is 0 Å². The van der Waals surface area contributed by atoms with Crippen molar-refractivity contribution in [1.82, 2.24) is 0 Å². The second-order valence-corrected chi connectivity index (χ2v) is 3.36. The highest BCUT2D eigenvalue weighted by Crippen LogP contribution is 2.23. The summed E-state index contributed by atoms with van der Waals surface area (Å²) in [5.74, 6) is -1.21. The molecule has 0 saturated carbocycles. The quantitative estimate of drug-likeness (QED) is 0.769. The number of esters is 1. The molecule has 2 atom stereocenters. The second kappa shape index (κ2) is 6.27. The van der Waals surface area contributed by atoms with Crippen molar-refractivity contribution in [1.29, 1.82) is 0 Å². The number of ether oxygens (including phenoxy) is 2. The largest absolute Gasteiger partial charge is 0.467 e. The van der Waals surface area contributed by atoms with Gasteiger partial charge in [0.25, 0.3) is 0 Å². The van der Waals surface area contributed by atoms with E-state index in [0.29, 0.717) is 0 Å². The van der Waals surface area contributed by atoms with E-state index in [9.17, 15) is 23.8 Å². The maximum Gasteiger partial charge on any atom is 0.387 e. The van der Waals surface area contributed by atoms with Crippen molar-refractivity contribution in [2.24, 2.45) is 0 Å². The number of alkyl halides is 2. The summed E-state index contributed by atoms with van der Waals surface area (Å²) in [6.45, 7) is -3.00. The van der Waals surface area contributed by atoms with Crippen molar-refractivity contribution in [3.63, 3.8) is 0 Å². The zero-order valence-electron chi connectivity index (χ0n) is 9.42. The van der Waals surface area contributed by atoms with Gasteiger partial charge in [-0.25, -0.2) is 4.79 Å². The number of methoxy groups -OCH3 is 1. The number of rotatable bonds is 5. The Morgan fingerprint density at radius 1 is 1.33 bits per heavy atom. The molecule has 1 aromatic carbocycles. The van der Waals surface area contributed by atoms with Crippen LogP contribution in [0.1, 0.15) is 11.7 Å². The van der Waals surface area contributed by atoms with Gasteiger partial charge in [-0.1, -0.05) is 12.1 Å². The van der Waals surface area contributed by atoms with Crippen molar-refractivity contribution in [3.8, 4) is 5.75 Å². The van der Waals surface area contributed by atoms with E-state index in [1.54, 1.807) is 0 Å². The lowest BCUT2D eigenvalue weighted by molar-refractivity contribution is -0.156. The zero-order chi connectivity index (χ0) is 13.7. The third-order valence-corrected chi connectivity index (χ3v) is 2.17. The van der Waals surface area contributed by atoms with Crippen molar-refractivity contribution in [2.45, 2.75) is 18.8 Å². The van der Waals surface area contributed by atoms with E-state index in [-0.39, 0.29) is 11.3 Å². The molecule has 100 valence electrons. The van der Waals surface area contributed by atoms with Crippen molar-refractivity contribution in [3.05, 3.63) is 29.8 Å². The van der Waals surface area contributed by atoms with Crippen LogP contribution >= 0.6 is 0 Å². The Morgan fingerprint density at radius 2 is 2.00 bits per heavy atom. The lowest BCUT2D eigenvalue weighted by atomic mass is 10.0. The van der Waals surface area contributed by atoms with Gasteiger partial charge in [0.05, 0.1) is 7.11 Å². The first-order chi connectivity index (χ1) is 8.45. The van der Waals surface area contributed by atoms with Gasteiger partial charge >= 0.3 is 12.6 Å². The minimum Gasteiger partial charge on any atom is -0.467 e. The molecule has 0 spiro atoms. The minimum absolute atomic E-state index is 0.0612. The average Bonchev–Trinajstić information content (AvgIpc) is 2.35. The maximum atomic E-state index is 12.0. The normalized spacial score (nSPS) is 14.1. The summed E-state index contributed by atoms with van der Waals surface area (Å²) in [6.07, 6.45) is -3.38. The highest BCUT2D eigenvalue weighted by Gasteiger charge is 2.26. The molecule has 0 radical (unpaired) electrons. The number of benzene rings is 1. The van der Waals surface area contributed by atoms with Gasteiger partial charge in [0.15, 0.2) is 6.10 Å². The molecule has 0 bridgehead atoms. The van der Waals surface area contributed by atoms with Gasteiger partial charge < -0.3 is 19.7 Å². The molecule has 2 N–H and O–H groups in total. The summed E-state index contributed by atoms with van der Waals surface area (Å²) in [5, 5.41) is 19.1. The lowest BCUT2D eigenvalue weighted by Crippen LogP contribution is -2.29. The predicted molar refractivity (Wildman–Crippen MR) is 56.1 cm³/mol. The van der Waals surface area contributed by atoms with Crippen LogP contribution < -0.4 is 4.74 Å². The number of carbonyl (C=O) groups excluding carboxylic acids is 1. The van der Waals surface area contributed by atoms with Crippen molar-refractivity contribution >= 4 is 5.97 Å². The fraction of sp³-hybridized carbons (Fsp3) is 0.364. The SMILES string of the molecule is COC(=O)C(O)C(O)c1cccc(OC(F)F)c1. The molecular weight excluding hydrogens is 250 g/mol. The molecular formula is C11H12F2O5. The molecule has 1 rings (SSSR count). The molecule has 5 nitrogen and oxygen atoms in total. The summed E-state index contributed by atoms with van der Waals surface area (Å²) >= 11 is 0. The number of aliphatic hydroxyl groups excluding tert-OH is 2. The summed E-state index contributed by atoms with van der Waals surface area (Å²) in [7, 11) is 1.05. The van der Waals surface area contributed by atoms with Crippen LogP contribution in [0.25, 0.3) is 0 Å². The summed E-state index contributed by atoms with van der Waals surface area (Å²) in [4.78, 5) is 11.0. The molecule has 0 saturated heterocycles. The molecule has 0 amide bonds. The molecule has 0 fully saturated rings. The lowest BCUT2D eigenvalue weighted by Gasteiger charge is -2.16. The monoisotopic (exact) mass is 262 g/mol. The van der Waals surface area contributed by atoms with Crippen LogP contribution in [-0.4, -0.2) is 36.0 Å². The van der Waals surface area contributed by atoms with Crippen LogP contribution in [0.2, 0.25) is 0 Å². The summed E-state index contributed by atoms with van der Waals surface area (Å²) in [5.41, 5.74) is 0.0612. The summed E-state index contributed by atoms with van der Waals surface area (Å²) < 4.78 is 32.4. The Hall–Kier alpha value is -1.73. The van der Waals surface area contributed by atoms with E-state index >= 15 is 0 Å². The molecule has 18 heavy (non-hydrogen) atoms. The standard InChI is InChI=1S/C11H12F2O5/c1-17-10(16)9(15)8(14)6-3-2-4-7(5-6)18-11(12)13/h2-5,8-9,11,14-15H,1H3. The van der Waals surface area contributed by atoms with Crippen LogP contribution in [0.3, 0.4) is 0 Å². The molecule has 1 aromatic rings. The summed E-state index contributed by atoms with van der Waals surface area (Å²) in [6, 6.07) is 5.06. The van der Waals surface area contributed by atoms with E-state index in [0.717, 1.165) is 13.2 Å². The van der Waals surface area contributed by atoms with E-state index < -0.39 is 24.8 Å². The minimum atomic E-state index is -3.00. The topological polar surface area (TPSA) is 76.0 Å². The maximum absolute atomic E-state index is 12.0. The fourth-order valence-electron chi connectivity index (χ4n) is 1.31. The van der Waals surface area contributed by atoms with Crippen LogP contribution in [-0.2, 0) is 9.53 Å². The molecule has 2 unspecified atom stereocenters. The van der Waals surface area contributed by atoms with Crippen LogP contribution in [0.4, 0.5) is 8.78 Å². The Balaban J connectivity index is 2.85. The Bertz CT molecular complexity index is 410. The Kier molecular flexibility index (Phi) is 4.99. The molecule has 0 aromatic heterocycles. The molecule has 0 aliphatic carbocycles. The van der Waals surface area contributed by atoms with Crippen molar-refractivity contribution in [2.75, 3.05) is 7.11 Å². The second-order valence-electron chi connectivity index (χ2n) is 3.36. The van der Waals surface area contributed by atoms with Gasteiger partial charge in [-0.3, -0.25) is 0 Å². The third-order valence-electron chi connectivity index (χ3n) is 2.17. The molecule has 0 aliphatic heterocycles. The Morgan fingerprint density at radius 3 is 2.56 bits per heavy atom. The van der Waals surface area contributed by atoms with E-state index in [1.807, 2.05) is 0 Å². The van der Waals surface area contributed by atoms with Crippen molar-refractivity contribution < 1.29 is 33.3 Å². The average molecular weight is 262 g/mol. The molecule has 0 aliphatic rings. The van der Waals surface area contributed by atoms with Gasteiger partial charge in [-0.15, -0.1) is 0 Å². The fourth-order valence-corrected chi connectivity index (χ4v) is 1.31. The van der Waals surface area contributed by atoms with Gasteiger partial charge in [0.2, 0.25) is 0 Å². The van der Waals surface area contributed by atoms with Gasteiger partial charge in [0.1, 0.15) is 11.9 Å². The van der Waals surface area contributed by atoms with E-state index in [4.69, 9.17) is 0 Å². The van der Waals surface area contributed by atoms with Crippen LogP contribution in [0.15, 0.2) is 24.3 Å². The highest BCUT2D eigenvalue weighted by atomic mass is 19.3. The molecule has 7 heteroatoms. The number of aliphatic hydroxyl groups is 2. The van der Waals surface area contributed by atoms with Gasteiger partial charge in [-0.05, 0) is 17.7 Å².